The summed E-state index contributed by atoms with van der Waals surface area (Å²) in [5.74, 6) is -0.242. The Balaban J connectivity index is 2.97. The van der Waals surface area contributed by atoms with E-state index in [4.69, 9.17) is 5.73 Å². The molecule has 15 heavy (non-hydrogen) atoms. The quantitative estimate of drug-likeness (QED) is 0.915. The normalized spacial score (nSPS) is 13.2. The van der Waals surface area contributed by atoms with Gasteiger partial charge in [0.15, 0.2) is 0 Å². The second-order valence-electron chi connectivity index (χ2n) is 3.50. The number of hydrogen-bond acceptors (Lipinski definition) is 2. The largest absolute Gasteiger partial charge is 0.329 e. The lowest BCUT2D eigenvalue weighted by atomic mass is 10.1. The maximum atomic E-state index is 13.1. The van der Waals surface area contributed by atoms with Crippen molar-refractivity contribution in [1.29, 1.82) is 0 Å². The molecule has 0 radical (unpaired) electrons. The molecule has 1 aromatic carbocycles. The molecule has 84 valence electrons. The molecule has 2 N–H and O–H groups in total. The number of benzene rings is 1. The summed E-state index contributed by atoms with van der Waals surface area (Å²) >= 11 is 3.18. The first-order chi connectivity index (χ1) is 7.10. The van der Waals surface area contributed by atoms with Gasteiger partial charge in [-0.1, -0.05) is 13.0 Å². The average molecular weight is 275 g/mol. The zero-order valence-electron chi connectivity index (χ0n) is 9.00. The molecule has 1 atom stereocenters. The molecule has 0 aliphatic rings. The fraction of sp³-hybridized carbons (Fsp3) is 0.455. The molecule has 0 aliphatic heterocycles. The lowest BCUT2D eigenvalue weighted by molar-refractivity contribution is 0.263. The zero-order valence-corrected chi connectivity index (χ0v) is 10.6. The number of likely N-dealkylation sites (N-methyl/N-ethyl adjacent to an activating group) is 1. The molecule has 0 fully saturated rings. The minimum absolute atomic E-state index is 0.145. The molecular formula is C11H16BrFN2. The van der Waals surface area contributed by atoms with Crippen LogP contribution in [-0.2, 0) is 0 Å². The Morgan fingerprint density at radius 3 is 2.67 bits per heavy atom. The van der Waals surface area contributed by atoms with Crippen molar-refractivity contribution in [2.75, 3.05) is 20.1 Å². The Morgan fingerprint density at radius 1 is 1.53 bits per heavy atom. The molecule has 0 spiro atoms. The topological polar surface area (TPSA) is 29.3 Å². The second-order valence-corrected chi connectivity index (χ2v) is 4.35. The van der Waals surface area contributed by atoms with Gasteiger partial charge in [0.2, 0.25) is 0 Å². The van der Waals surface area contributed by atoms with E-state index < -0.39 is 0 Å². The number of halogens is 2. The fourth-order valence-electron chi connectivity index (χ4n) is 1.51. The SMILES string of the molecule is CCN(C)C(CN)c1ccc(F)c(Br)c1. The van der Waals surface area contributed by atoms with Crippen LogP contribution in [0.25, 0.3) is 0 Å². The van der Waals surface area contributed by atoms with E-state index >= 15 is 0 Å². The number of nitrogens with two attached hydrogens (primary N) is 1. The summed E-state index contributed by atoms with van der Waals surface area (Å²) in [4.78, 5) is 2.14. The molecule has 4 heteroatoms. The highest BCUT2D eigenvalue weighted by Gasteiger charge is 2.14. The smallest absolute Gasteiger partial charge is 0.137 e. The molecule has 1 aromatic rings. The molecule has 0 heterocycles. The highest BCUT2D eigenvalue weighted by atomic mass is 79.9. The van der Waals surface area contributed by atoms with Crippen LogP contribution in [0.2, 0.25) is 0 Å². The first kappa shape index (κ1) is 12.6. The summed E-state index contributed by atoms with van der Waals surface area (Å²) in [7, 11) is 2.01. The average Bonchev–Trinajstić information content (AvgIpc) is 2.24. The third kappa shape index (κ3) is 3.00. The van der Waals surface area contributed by atoms with Crippen molar-refractivity contribution in [2.45, 2.75) is 13.0 Å². The molecule has 2 nitrogen and oxygen atoms in total. The molecule has 0 saturated heterocycles. The lowest BCUT2D eigenvalue weighted by Crippen LogP contribution is -2.30. The van der Waals surface area contributed by atoms with Crippen LogP contribution in [-0.4, -0.2) is 25.0 Å². The Labute approximate surface area is 98.4 Å². The maximum absolute atomic E-state index is 13.1. The predicted octanol–water partition coefficient (Wildman–Crippen LogP) is 2.54. The van der Waals surface area contributed by atoms with Gasteiger partial charge in [-0.3, -0.25) is 4.90 Å². The predicted molar refractivity (Wildman–Crippen MR) is 64.2 cm³/mol. The Hall–Kier alpha value is -0.450. The van der Waals surface area contributed by atoms with E-state index in [0.717, 1.165) is 12.1 Å². The number of hydrogen-bond donors (Lipinski definition) is 1. The van der Waals surface area contributed by atoms with Crippen LogP contribution >= 0.6 is 15.9 Å². The number of rotatable bonds is 4. The van der Waals surface area contributed by atoms with Crippen LogP contribution in [0.5, 0.6) is 0 Å². The molecule has 0 saturated carbocycles. The molecular weight excluding hydrogens is 259 g/mol. The summed E-state index contributed by atoms with van der Waals surface area (Å²) < 4.78 is 13.5. The van der Waals surface area contributed by atoms with Crippen molar-refractivity contribution in [2.24, 2.45) is 5.73 Å². The van der Waals surface area contributed by atoms with Gasteiger partial charge in [-0.25, -0.2) is 4.39 Å². The fourth-order valence-corrected chi connectivity index (χ4v) is 1.91. The van der Waals surface area contributed by atoms with Crippen molar-refractivity contribution in [3.8, 4) is 0 Å². The first-order valence-electron chi connectivity index (χ1n) is 4.95. The minimum Gasteiger partial charge on any atom is -0.329 e. The van der Waals surface area contributed by atoms with Gasteiger partial charge in [0.1, 0.15) is 5.82 Å². The third-order valence-corrected chi connectivity index (χ3v) is 3.19. The van der Waals surface area contributed by atoms with Crippen molar-refractivity contribution in [3.05, 3.63) is 34.1 Å². The van der Waals surface area contributed by atoms with Gasteiger partial charge in [-0.05, 0) is 47.2 Å². The van der Waals surface area contributed by atoms with E-state index in [1.807, 2.05) is 7.05 Å². The van der Waals surface area contributed by atoms with Gasteiger partial charge < -0.3 is 5.73 Å². The Bertz CT molecular complexity index is 330. The van der Waals surface area contributed by atoms with Crippen LogP contribution in [0.3, 0.4) is 0 Å². The summed E-state index contributed by atoms with van der Waals surface area (Å²) in [6.45, 7) is 3.51. The van der Waals surface area contributed by atoms with Gasteiger partial charge >= 0.3 is 0 Å². The zero-order chi connectivity index (χ0) is 11.4. The van der Waals surface area contributed by atoms with Crippen molar-refractivity contribution < 1.29 is 4.39 Å². The van der Waals surface area contributed by atoms with Crippen LogP contribution in [0, 0.1) is 5.82 Å². The highest BCUT2D eigenvalue weighted by molar-refractivity contribution is 9.10. The lowest BCUT2D eigenvalue weighted by Gasteiger charge is -2.26. The van der Waals surface area contributed by atoms with Gasteiger partial charge in [0.25, 0.3) is 0 Å². The molecule has 1 rings (SSSR count). The molecule has 0 aliphatic carbocycles. The van der Waals surface area contributed by atoms with Gasteiger partial charge in [-0.2, -0.15) is 0 Å². The van der Waals surface area contributed by atoms with Gasteiger partial charge in [-0.15, -0.1) is 0 Å². The van der Waals surface area contributed by atoms with Crippen molar-refractivity contribution in [1.82, 2.24) is 4.90 Å². The first-order valence-corrected chi connectivity index (χ1v) is 5.74. The van der Waals surface area contributed by atoms with E-state index in [9.17, 15) is 4.39 Å². The van der Waals surface area contributed by atoms with E-state index in [2.05, 4.69) is 27.8 Å². The van der Waals surface area contributed by atoms with Crippen molar-refractivity contribution >= 4 is 15.9 Å². The van der Waals surface area contributed by atoms with E-state index in [1.165, 1.54) is 6.07 Å². The van der Waals surface area contributed by atoms with Gasteiger partial charge in [0, 0.05) is 12.6 Å². The van der Waals surface area contributed by atoms with Crippen LogP contribution in [0.4, 0.5) is 4.39 Å². The highest BCUT2D eigenvalue weighted by Crippen LogP contribution is 2.23. The standard InChI is InChI=1S/C11H16BrFN2/c1-3-15(2)11(7-14)8-4-5-10(13)9(12)6-8/h4-6,11H,3,7,14H2,1-2H3. The Kier molecular flexibility index (Phi) is 4.70. The van der Waals surface area contributed by atoms with Crippen LogP contribution in [0.1, 0.15) is 18.5 Å². The third-order valence-electron chi connectivity index (χ3n) is 2.58. The molecule has 0 aromatic heterocycles. The monoisotopic (exact) mass is 274 g/mol. The molecule has 0 amide bonds. The van der Waals surface area contributed by atoms with E-state index in [0.29, 0.717) is 11.0 Å². The number of nitrogens with zero attached hydrogens (tertiary/aromatic N) is 1. The Morgan fingerprint density at radius 2 is 2.20 bits per heavy atom. The summed E-state index contributed by atoms with van der Waals surface area (Å²) in [5.41, 5.74) is 6.76. The minimum atomic E-state index is -0.242. The summed E-state index contributed by atoms with van der Waals surface area (Å²) in [6.07, 6.45) is 0. The van der Waals surface area contributed by atoms with Crippen LogP contribution < -0.4 is 5.73 Å². The van der Waals surface area contributed by atoms with Gasteiger partial charge in [0.05, 0.1) is 4.47 Å². The second kappa shape index (κ2) is 5.58. The summed E-state index contributed by atoms with van der Waals surface area (Å²) in [5, 5.41) is 0. The molecule has 0 bridgehead atoms. The maximum Gasteiger partial charge on any atom is 0.137 e. The van der Waals surface area contributed by atoms with E-state index in [-0.39, 0.29) is 11.9 Å². The summed E-state index contributed by atoms with van der Waals surface area (Å²) in [6, 6.07) is 5.18. The van der Waals surface area contributed by atoms with E-state index in [1.54, 1.807) is 12.1 Å². The molecule has 1 unspecified atom stereocenters. The van der Waals surface area contributed by atoms with Crippen LogP contribution in [0.15, 0.2) is 22.7 Å². The van der Waals surface area contributed by atoms with Crippen molar-refractivity contribution in [3.63, 3.8) is 0 Å².